The lowest BCUT2D eigenvalue weighted by molar-refractivity contribution is 0.333. The molecule has 0 bridgehead atoms. The number of aromatic nitrogens is 3. The zero-order valence-electron chi connectivity index (χ0n) is 15.5. The molecule has 6 heteroatoms. The lowest BCUT2D eigenvalue weighted by Gasteiger charge is -2.41. The first-order valence-corrected chi connectivity index (χ1v) is 9.98. The Kier molecular flexibility index (Phi) is 3.78. The van der Waals surface area contributed by atoms with Crippen LogP contribution >= 0.6 is 0 Å². The summed E-state index contributed by atoms with van der Waals surface area (Å²) in [6.45, 7) is 1.80. The maximum atomic E-state index is 9.75. The number of pyridine rings is 1. The van der Waals surface area contributed by atoms with Crippen molar-refractivity contribution in [3.8, 4) is 6.07 Å². The molecule has 1 aliphatic heterocycles. The molecule has 0 amide bonds. The lowest BCUT2D eigenvalue weighted by Crippen LogP contribution is -2.46. The van der Waals surface area contributed by atoms with E-state index in [2.05, 4.69) is 27.0 Å². The maximum absolute atomic E-state index is 9.75. The van der Waals surface area contributed by atoms with Crippen molar-refractivity contribution in [1.29, 1.82) is 5.26 Å². The summed E-state index contributed by atoms with van der Waals surface area (Å²) in [6.07, 6.45) is 10.6. The SMILES string of the molecule is N#Cc1cc2c(nc1N1CCCC3(CCc4cnc(N)nc43)C1)CCCC2. The number of anilines is 2. The highest BCUT2D eigenvalue weighted by atomic mass is 15.2. The molecular formula is C21H24N6. The summed E-state index contributed by atoms with van der Waals surface area (Å²) in [5.74, 6) is 1.23. The summed E-state index contributed by atoms with van der Waals surface area (Å²) < 4.78 is 0. The van der Waals surface area contributed by atoms with Crippen LogP contribution in [0.3, 0.4) is 0 Å². The molecule has 27 heavy (non-hydrogen) atoms. The van der Waals surface area contributed by atoms with Crippen molar-refractivity contribution in [2.24, 2.45) is 0 Å². The normalized spacial score (nSPS) is 23.7. The van der Waals surface area contributed by atoms with Crippen molar-refractivity contribution in [2.75, 3.05) is 23.7 Å². The molecule has 6 nitrogen and oxygen atoms in total. The fourth-order valence-corrected chi connectivity index (χ4v) is 5.21. The predicted molar refractivity (Wildman–Crippen MR) is 103 cm³/mol. The van der Waals surface area contributed by atoms with Crippen LogP contribution in [0.2, 0.25) is 0 Å². The van der Waals surface area contributed by atoms with Crippen LogP contribution in [0, 0.1) is 11.3 Å². The van der Waals surface area contributed by atoms with Crippen LogP contribution in [0.1, 0.15) is 60.2 Å². The Bertz CT molecular complexity index is 942. The van der Waals surface area contributed by atoms with Crippen LogP contribution in [0.25, 0.3) is 0 Å². The molecule has 3 aliphatic rings. The number of hydrogen-bond acceptors (Lipinski definition) is 6. The highest BCUT2D eigenvalue weighted by molar-refractivity contribution is 5.58. The average molecular weight is 360 g/mol. The Morgan fingerprint density at radius 2 is 1.96 bits per heavy atom. The van der Waals surface area contributed by atoms with E-state index in [1.54, 1.807) is 0 Å². The smallest absolute Gasteiger partial charge is 0.220 e. The molecule has 1 atom stereocenters. The highest BCUT2D eigenvalue weighted by Crippen LogP contribution is 2.45. The van der Waals surface area contributed by atoms with E-state index in [0.717, 1.165) is 63.1 Å². The Balaban J connectivity index is 1.53. The average Bonchev–Trinajstić information content (AvgIpc) is 3.04. The quantitative estimate of drug-likeness (QED) is 0.841. The van der Waals surface area contributed by atoms with Crippen LogP contribution in [-0.2, 0) is 24.7 Å². The Labute approximate surface area is 159 Å². The van der Waals surface area contributed by atoms with Gasteiger partial charge in [0.15, 0.2) is 0 Å². The number of rotatable bonds is 1. The van der Waals surface area contributed by atoms with Gasteiger partial charge in [-0.1, -0.05) is 0 Å². The van der Waals surface area contributed by atoms with Gasteiger partial charge in [-0.3, -0.25) is 0 Å². The maximum Gasteiger partial charge on any atom is 0.220 e. The van der Waals surface area contributed by atoms with Gasteiger partial charge in [0.1, 0.15) is 11.9 Å². The minimum Gasteiger partial charge on any atom is -0.368 e. The van der Waals surface area contributed by atoms with Gasteiger partial charge in [0, 0.05) is 30.4 Å². The van der Waals surface area contributed by atoms with Crippen molar-refractivity contribution in [1.82, 2.24) is 15.0 Å². The number of nitrogens with zero attached hydrogens (tertiary/aromatic N) is 5. The molecule has 2 aromatic rings. The fraction of sp³-hybridized carbons (Fsp3) is 0.524. The number of nitrogens with two attached hydrogens (primary N) is 1. The zero-order valence-corrected chi connectivity index (χ0v) is 15.5. The second kappa shape index (κ2) is 6.19. The number of nitrogen functional groups attached to an aromatic ring is 1. The van der Waals surface area contributed by atoms with Crippen molar-refractivity contribution in [3.63, 3.8) is 0 Å². The highest BCUT2D eigenvalue weighted by Gasteiger charge is 2.44. The lowest BCUT2D eigenvalue weighted by atomic mass is 9.77. The van der Waals surface area contributed by atoms with Crippen molar-refractivity contribution >= 4 is 11.8 Å². The van der Waals surface area contributed by atoms with E-state index in [1.165, 1.54) is 29.7 Å². The van der Waals surface area contributed by atoms with Gasteiger partial charge in [-0.05, 0) is 68.6 Å². The third kappa shape index (κ3) is 2.64. The van der Waals surface area contributed by atoms with E-state index < -0.39 is 0 Å². The van der Waals surface area contributed by atoms with E-state index in [-0.39, 0.29) is 5.41 Å². The summed E-state index contributed by atoms with van der Waals surface area (Å²) in [7, 11) is 0. The van der Waals surface area contributed by atoms with Gasteiger partial charge >= 0.3 is 0 Å². The summed E-state index contributed by atoms with van der Waals surface area (Å²) in [5.41, 5.74) is 11.4. The number of hydrogen-bond donors (Lipinski definition) is 1. The molecule has 2 aliphatic carbocycles. The van der Waals surface area contributed by atoms with Crippen molar-refractivity contribution < 1.29 is 0 Å². The largest absolute Gasteiger partial charge is 0.368 e. The van der Waals surface area contributed by atoms with Crippen LogP contribution in [0.4, 0.5) is 11.8 Å². The monoisotopic (exact) mass is 360 g/mol. The summed E-state index contributed by atoms with van der Waals surface area (Å²) in [5, 5.41) is 9.75. The van der Waals surface area contributed by atoms with Gasteiger partial charge < -0.3 is 10.6 Å². The van der Waals surface area contributed by atoms with Gasteiger partial charge in [-0.25, -0.2) is 15.0 Å². The molecule has 5 rings (SSSR count). The van der Waals surface area contributed by atoms with E-state index >= 15 is 0 Å². The number of nitriles is 1. The first-order chi connectivity index (χ1) is 13.2. The summed E-state index contributed by atoms with van der Waals surface area (Å²) in [4.78, 5) is 16.1. The van der Waals surface area contributed by atoms with E-state index in [9.17, 15) is 5.26 Å². The third-order valence-corrected chi connectivity index (χ3v) is 6.54. The number of aryl methyl sites for hydroxylation is 3. The van der Waals surface area contributed by atoms with Crippen LogP contribution in [0.15, 0.2) is 12.3 Å². The number of piperidine rings is 1. The third-order valence-electron chi connectivity index (χ3n) is 6.54. The van der Waals surface area contributed by atoms with Crippen LogP contribution in [0.5, 0.6) is 0 Å². The van der Waals surface area contributed by atoms with Gasteiger partial charge in [0.05, 0.1) is 11.3 Å². The van der Waals surface area contributed by atoms with Gasteiger partial charge in [0.25, 0.3) is 0 Å². The molecule has 3 heterocycles. The molecule has 1 spiro atoms. The van der Waals surface area contributed by atoms with Crippen molar-refractivity contribution in [3.05, 3.63) is 40.3 Å². The molecule has 0 aromatic carbocycles. The Morgan fingerprint density at radius 3 is 2.85 bits per heavy atom. The second-order valence-corrected chi connectivity index (χ2v) is 8.19. The summed E-state index contributed by atoms with van der Waals surface area (Å²) >= 11 is 0. The molecule has 2 aromatic heterocycles. The second-order valence-electron chi connectivity index (χ2n) is 8.19. The molecule has 0 radical (unpaired) electrons. The van der Waals surface area contributed by atoms with Gasteiger partial charge in [-0.15, -0.1) is 0 Å². The van der Waals surface area contributed by atoms with E-state index in [0.29, 0.717) is 11.5 Å². The topological polar surface area (TPSA) is 91.7 Å². The zero-order chi connectivity index (χ0) is 18.4. The molecule has 2 N–H and O–H groups in total. The number of fused-ring (bicyclic) bond motifs is 3. The Hall–Kier alpha value is -2.68. The molecule has 1 unspecified atom stereocenters. The first-order valence-electron chi connectivity index (χ1n) is 9.98. The van der Waals surface area contributed by atoms with Crippen LogP contribution in [-0.4, -0.2) is 28.0 Å². The predicted octanol–water partition coefficient (Wildman–Crippen LogP) is 2.69. The van der Waals surface area contributed by atoms with Gasteiger partial charge in [-0.2, -0.15) is 5.26 Å². The molecule has 1 saturated heterocycles. The van der Waals surface area contributed by atoms with E-state index in [4.69, 9.17) is 10.7 Å². The van der Waals surface area contributed by atoms with Gasteiger partial charge in [0.2, 0.25) is 5.95 Å². The fourth-order valence-electron chi connectivity index (χ4n) is 5.21. The molecule has 138 valence electrons. The standard InChI is InChI=1S/C21H24N6/c22-11-16-10-14-4-1-2-5-17(14)25-19(16)27-9-3-7-21(13-27)8-6-15-12-24-20(23)26-18(15)21/h10,12H,1-9,13H2,(H2,23,24,26). The summed E-state index contributed by atoms with van der Waals surface area (Å²) in [6, 6.07) is 4.48. The molecular weight excluding hydrogens is 336 g/mol. The Morgan fingerprint density at radius 1 is 1.07 bits per heavy atom. The van der Waals surface area contributed by atoms with Crippen molar-refractivity contribution in [2.45, 2.75) is 56.8 Å². The minimum absolute atomic E-state index is 0.00888. The van der Waals surface area contributed by atoms with E-state index in [1.807, 2.05) is 6.20 Å². The van der Waals surface area contributed by atoms with Crippen LogP contribution < -0.4 is 10.6 Å². The molecule has 0 saturated carbocycles. The first kappa shape index (κ1) is 16.5. The minimum atomic E-state index is 0.00888. The molecule has 1 fully saturated rings.